The number of nitrogens with zero attached hydrogens (tertiary/aromatic N) is 3. The van der Waals surface area contributed by atoms with E-state index in [0.29, 0.717) is 18.7 Å². The van der Waals surface area contributed by atoms with Gasteiger partial charge in [0.2, 0.25) is 5.91 Å². The van der Waals surface area contributed by atoms with Crippen molar-refractivity contribution in [1.82, 2.24) is 20.3 Å². The molecule has 1 rings (SSSR count). The Bertz CT molecular complexity index is 439. The van der Waals surface area contributed by atoms with Crippen LogP contribution in [0, 0.1) is 0 Å². The lowest BCUT2D eigenvalue weighted by Gasteiger charge is -2.09. The van der Waals surface area contributed by atoms with Gasteiger partial charge in [-0.15, -0.1) is 5.10 Å². The number of nitrogens with one attached hydrogen (secondary N) is 1. The van der Waals surface area contributed by atoms with E-state index in [2.05, 4.69) is 15.6 Å². The molecule has 1 aromatic rings. The minimum atomic E-state index is -1.09. The van der Waals surface area contributed by atoms with E-state index < -0.39 is 5.97 Å². The summed E-state index contributed by atoms with van der Waals surface area (Å²) >= 11 is 0. The molecule has 0 saturated carbocycles. The van der Waals surface area contributed by atoms with E-state index >= 15 is 0 Å². The van der Waals surface area contributed by atoms with Crippen LogP contribution in [-0.2, 0) is 17.8 Å². The third kappa shape index (κ3) is 3.54. The van der Waals surface area contributed by atoms with Crippen LogP contribution in [0.5, 0.6) is 0 Å². The van der Waals surface area contributed by atoms with Crippen LogP contribution in [0.15, 0.2) is 0 Å². The fourth-order valence-electron chi connectivity index (χ4n) is 1.63. The van der Waals surface area contributed by atoms with Crippen molar-refractivity contribution in [1.29, 1.82) is 0 Å². The molecule has 0 aliphatic rings. The van der Waals surface area contributed by atoms with E-state index in [0.717, 1.165) is 0 Å². The molecule has 1 aromatic heterocycles. The third-order valence-corrected chi connectivity index (χ3v) is 2.38. The first-order valence-corrected chi connectivity index (χ1v) is 5.90. The van der Waals surface area contributed by atoms with Gasteiger partial charge < -0.3 is 10.4 Å². The number of rotatable bonds is 6. The highest BCUT2D eigenvalue weighted by atomic mass is 16.4. The van der Waals surface area contributed by atoms with E-state index in [-0.39, 0.29) is 24.1 Å². The Morgan fingerprint density at radius 2 is 2.11 bits per heavy atom. The van der Waals surface area contributed by atoms with Gasteiger partial charge in [0.15, 0.2) is 5.69 Å². The fraction of sp³-hybridized carbons (Fsp3) is 0.636. The monoisotopic (exact) mass is 254 g/mol. The number of carbonyl (C=O) groups excluding carboxylic acids is 1. The first-order chi connectivity index (χ1) is 8.45. The van der Waals surface area contributed by atoms with Gasteiger partial charge in [0.25, 0.3) is 0 Å². The van der Waals surface area contributed by atoms with Gasteiger partial charge >= 0.3 is 5.97 Å². The standard InChI is InChI=1S/C11H18N4O3/c1-4-8-10(11(17)18)13-14-15(8)6-5-9(16)12-7(2)3/h7H,4-6H2,1-3H3,(H,12,16)(H,17,18). The van der Waals surface area contributed by atoms with Gasteiger partial charge in [-0.2, -0.15) is 0 Å². The zero-order chi connectivity index (χ0) is 13.7. The number of carboxylic acid groups (broad SMARTS) is 1. The van der Waals surface area contributed by atoms with Crippen LogP contribution < -0.4 is 5.32 Å². The number of aromatic carboxylic acids is 1. The Kier molecular flexibility index (Phi) is 4.82. The average Bonchev–Trinajstić information content (AvgIpc) is 2.68. The van der Waals surface area contributed by atoms with E-state index in [4.69, 9.17) is 5.11 Å². The highest BCUT2D eigenvalue weighted by Crippen LogP contribution is 2.07. The topological polar surface area (TPSA) is 97.1 Å². The highest BCUT2D eigenvalue weighted by Gasteiger charge is 2.17. The van der Waals surface area contributed by atoms with Gasteiger partial charge in [-0.1, -0.05) is 12.1 Å². The molecule has 0 atom stereocenters. The van der Waals surface area contributed by atoms with E-state index in [1.165, 1.54) is 4.68 Å². The average molecular weight is 254 g/mol. The predicted molar refractivity (Wildman–Crippen MR) is 64.3 cm³/mol. The number of hydrogen-bond acceptors (Lipinski definition) is 4. The lowest BCUT2D eigenvalue weighted by molar-refractivity contribution is -0.121. The molecule has 0 aliphatic carbocycles. The molecular formula is C11H18N4O3. The molecule has 0 fully saturated rings. The van der Waals surface area contributed by atoms with Crippen LogP contribution >= 0.6 is 0 Å². The summed E-state index contributed by atoms with van der Waals surface area (Å²) < 4.78 is 1.48. The first kappa shape index (κ1) is 14.1. The number of carbonyl (C=O) groups is 2. The number of carboxylic acids is 1. The second-order valence-corrected chi connectivity index (χ2v) is 4.24. The van der Waals surface area contributed by atoms with Gasteiger partial charge in [0, 0.05) is 12.5 Å². The van der Waals surface area contributed by atoms with Gasteiger partial charge in [-0.25, -0.2) is 9.48 Å². The second kappa shape index (κ2) is 6.13. The SMILES string of the molecule is CCc1c(C(=O)O)nnn1CCC(=O)NC(C)C. The van der Waals surface area contributed by atoms with Crippen LogP contribution in [0.2, 0.25) is 0 Å². The minimum absolute atomic E-state index is 0.0400. The summed E-state index contributed by atoms with van der Waals surface area (Å²) in [6.07, 6.45) is 0.772. The lowest BCUT2D eigenvalue weighted by Crippen LogP contribution is -2.31. The smallest absolute Gasteiger partial charge is 0.358 e. The Morgan fingerprint density at radius 3 is 2.61 bits per heavy atom. The Morgan fingerprint density at radius 1 is 1.44 bits per heavy atom. The summed E-state index contributed by atoms with van der Waals surface area (Å²) in [5, 5.41) is 19.0. The molecular weight excluding hydrogens is 236 g/mol. The summed E-state index contributed by atoms with van der Waals surface area (Å²) in [4.78, 5) is 22.4. The molecule has 18 heavy (non-hydrogen) atoms. The molecule has 100 valence electrons. The molecule has 0 aliphatic heterocycles. The maximum Gasteiger partial charge on any atom is 0.358 e. The van der Waals surface area contributed by atoms with Gasteiger partial charge in [0.1, 0.15) is 0 Å². The van der Waals surface area contributed by atoms with Crippen molar-refractivity contribution in [3.63, 3.8) is 0 Å². The third-order valence-electron chi connectivity index (χ3n) is 2.38. The van der Waals surface area contributed by atoms with E-state index in [1.807, 2.05) is 20.8 Å². The minimum Gasteiger partial charge on any atom is -0.476 e. The fourth-order valence-corrected chi connectivity index (χ4v) is 1.63. The second-order valence-electron chi connectivity index (χ2n) is 4.24. The van der Waals surface area contributed by atoms with Gasteiger partial charge in [0.05, 0.1) is 12.2 Å². The lowest BCUT2D eigenvalue weighted by atomic mass is 10.2. The summed E-state index contributed by atoms with van der Waals surface area (Å²) in [7, 11) is 0. The first-order valence-electron chi connectivity index (χ1n) is 5.90. The molecule has 0 saturated heterocycles. The van der Waals surface area contributed by atoms with Gasteiger partial charge in [-0.3, -0.25) is 4.79 Å². The molecule has 0 aromatic carbocycles. The van der Waals surface area contributed by atoms with Gasteiger partial charge in [-0.05, 0) is 20.3 Å². The van der Waals surface area contributed by atoms with E-state index in [1.54, 1.807) is 0 Å². The largest absolute Gasteiger partial charge is 0.476 e. The van der Waals surface area contributed by atoms with Crippen molar-refractivity contribution in [2.75, 3.05) is 0 Å². The highest BCUT2D eigenvalue weighted by molar-refractivity contribution is 5.86. The molecule has 1 amide bonds. The maximum absolute atomic E-state index is 11.5. The molecule has 1 heterocycles. The number of amides is 1. The van der Waals surface area contributed by atoms with Crippen LogP contribution in [-0.4, -0.2) is 38.0 Å². The van der Waals surface area contributed by atoms with Crippen LogP contribution in [0.1, 0.15) is 43.4 Å². The molecule has 7 heteroatoms. The Hall–Kier alpha value is -1.92. The van der Waals surface area contributed by atoms with Crippen LogP contribution in [0.25, 0.3) is 0 Å². The molecule has 0 unspecified atom stereocenters. The molecule has 0 radical (unpaired) electrons. The summed E-state index contributed by atoms with van der Waals surface area (Å²) in [6.45, 7) is 5.93. The number of aromatic nitrogens is 3. The summed E-state index contributed by atoms with van der Waals surface area (Å²) in [5.41, 5.74) is 0.501. The van der Waals surface area contributed by atoms with E-state index in [9.17, 15) is 9.59 Å². The van der Waals surface area contributed by atoms with Crippen LogP contribution in [0.4, 0.5) is 0 Å². The summed E-state index contributed by atoms with van der Waals surface area (Å²) in [5.74, 6) is -1.18. The molecule has 2 N–H and O–H groups in total. The van der Waals surface area contributed by atoms with Crippen molar-refractivity contribution >= 4 is 11.9 Å². The van der Waals surface area contributed by atoms with Crippen LogP contribution in [0.3, 0.4) is 0 Å². The van der Waals surface area contributed by atoms with Crippen molar-refractivity contribution in [3.05, 3.63) is 11.4 Å². The summed E-state index contributed by atoms with van der Waals surface area (Å²) in [6, 6.07) is 0.0912. The molecule has 0 spiro atoms. The van der Waals surface area contributed by atoms with Crippen molar-refractivity contribution in [3.8, 4) is 0 Å². The zero-order valence-electron chi connectivity index (χ0n) is 10.8. The predicted octanol–water partition coefficient (Wildman–Crippen LogP) is 0.453. The van der Waals surface area contributed by atoms with Crippen molar-refractivity contribution in [2.24, 2.45) is 0 Å². The number of aryl methyl sites for hydroxylation is 1. The quantitative estimate of drug-likeness (QED) is 0.768. The Labute approximate surface area is 105 Å². The maximum atomic E-state index is 11.5. The Balaban J connectivity index is 2.68. The van der Waals surface area contributed by atoms with Crippen molar-refractivity contribution < 1.29 is 14.7 Å². The normalized spacial score (nSPS) is 10.7. The molecule has 7 nitrogen and oxygen atoms in total. The van der Waals surface area contributed by atoms with Crippen molar-refractivity contribution in [2.45, 2.75) is 46.2 Å². The molecule has 0 bridgehead atoms. The zero-order valence-corrected chi connectivity index (χ0v) is 10.8. The number of hydrogen-bond donors (Lipinski definition) is 2.